The zero-order valence-electron chi connectivity index (χ0n) is 9.46. The van der Waals surface area contributed by atoms with Crippen molar-refractivity contribution in [2.24, 2.45) is 0 Å². The van der Waals surface area contributed by atoms with Gasteiger partial charge < -0.3 is 4.74 Å². The van der Waals surface area contributed by atoms with Crippen LogP contribution in [0.5, 0.6) is 6.01 Å². The van der Waals surface area contributed by atoms with E-state index in [1.54, 1.807) is 19.5 Å². The smallest absolute Gasteiger partial charge is 0.316 e. The van der Waals surface area contributed by atoms with E-state index in [1.807, 2.05) is 34.6 Å². The highest BCUT2D eigenvalue weighted by Gasteiger charge is 1.89. The van der Waals surface area contributed by atoms with E-state index in [0.717, 1.165) is 5.56 Å². The summed E-state index contributed by atoms with van der Waals surface area (Å²) in [5.74, 6) is 0. The zero-order valence-corrected chi connectivity index (χ0v) is 9.46. The van der Waals surface area contributed by atoms with E-state index in [9.17, 15) is 0 Å². The van der Waals surface area contributed by atoms with E-state index in [0.29, 0.717) is 6.01 Å². The Morgan fingerprint density at radius 1 is 1.00 bits per heavy atom. The van der Waals surface area contributed by atoms with Crippen molar-refractivity contribution >= 4 is 0 Å². The second-order valence-corrected chi connectivity index (χ2v) is 1.75. The third-order valence-electron chi connectivity index (χ3n) is 0.940. The Kier molecular flexibility index (Phi) is 12.1. The minimum absolute atomic E-state index is 0.417. The molecule has 0 aliphatic carbocycles. The van der Waals surface area contributed by atoms with Gasteiger partial charge in [0.2, 0.25) is 0 Å². The summed E-state index contributed by atoms with van der Waals surface area (Å²) in [6.07, 6.45) is 3.43. The van der Waals surface area contributed by atoms with Crippen LogP contribution < -0.4 is 4.74 Å². The molecule has 1 aromatic heterocycles. The van der Waals surface area contributed by atoms with Crippen LogP contribution in [0.25, 0.3) is 0 Å². The maximum Gasteiger partial charge on any atom is 0.316 e. The molecule has 3 nitrogen and oxygen atoms in total. The molecule has 0 unspecified atom stereocenters. The number of methoxy groups -OCH3 is 1. The highest BCUT2D eigenvalue weighted by atomic mass is 16.5. The van der Waals surface area contributed by atoms with Crippen LogP contribution in [0.3, 0.4) is 0 Å². The maximum absolute atomic E-state index is 4.75. The summed E-state index contributed by atoms with van der Waals surface area (Å²) < 4.78 is 4.75. The van der Waals surface area contributed by atoms with Gasteiger partial charge in [-0.1, -0.05) is 27.7 Å². The molecule has 0 spiro atoms. The Bertz CT molecular complexity index is 185. The molecule has 0 fully saturated rings. The number of rotatable bonds is 1. The average Bonchev–Trinajstić information content (AvgIpc) is 2.25. The molecule has 76 valence electrons. The fraction of sp³-hybridized carbons (Fsp3) is 0.600. The van der Waals surface area contributed by atoms with Crippen LogP contribution in [-0.2, 0) is 0 Å². The van der Waals surface area contributed by atoms with Gasteiger partial charge in [0, 0.05) is 12.4 Å². The summed E-state index contributed by atoms with van der Waals surface area (Å²) in [7, 11) is 1.55. The Morgan fingerprint density at radius 3 is 1.69 bits per heavy atom. The number of aromatic nitrogens is 2. The summed E-state index contributed by atoms with van der Waals surface area (Å²) in [4.78, 5) is 7.73. The fourth-order valence-corrected chi connectivity index (χ4v) is 0.486. The Hall–Kier alpha value is -1.12. The molecule has 0 aliphatic heterocycles. The predicted molar refractivity (Wildman–Crippen MR) is 56.0 cm³/mol. The molecule has 0 N–H and O–H groups in total. The van der Waals surface area contributed by atoms with Crippen LogP contribution in [0.2, 0.25) is 0 Å². The predicted octanol–water partition coefficient (Wildman–Crippen LogP) is 2.85. The molecular formula is C10H20N2O. The number of nitrogens with zero attached hydrogens (tertiary/aromatic N) is 2. The van der Waals surface area contributed by atoms with Crippen molar-refractivity contribution in [2.75, 3.05) is 7.11 Å². The number of aryl methyl sites for hydroxylation is 1. The number of hydrogen-bond donors (Lipinski definition) is 0. The molecule has 3 heteroatoms. The molecule has 1 aromatic rings. The Balaban J connectivity index is 0. The Labute approximate surface area is 81.2 Å². The van der Waals surface area contributed by atoms with Crippen LogP contribution >= 0.6 is 0 Å². The van der Waals surface area contributed by atoms with Crippen molar-refractivity contribution in [3.8, 4) is 6.01 Å². The molecule has 0 aliphatic rings. The lowest BCUT2D eigenvalue weighted by Crippen LogP contribution is -1.90. The van der Waals surface area contributed by atoms with E-state index in [4.69, 9.17) is 4.74 Å². The first-order chi connectivity index (χ1) is 6.33. The van der Waals surface area contributed by atoms with E-state index >= 15 is 0 Å². The molecule has 1 heterocycles. The van der Waals surface area contributed by atoms with Gasteiger partial charge in [0.25, 0.3) is 0 Å². The quantitative estimate of drug-likeness (QED) is 0.673. The lowest BCUT2D eigenvalue weighted by molar-refractivity contribution is 0.379. The first-order valence-corrected chi connectivity index (χ1v) is 4.65. The van der Waals surface area contributed by atoms with Gasteiger partial charge in [0.05, 0.1) is 7.11 Å². The van der Waals surface area contributed by atoms with Crippen LogP contribution in [0.4, 0.5) is 0 Å². The third-order valence-corrected chi connectivity index (χ3v) is 0.940. The molecule has 0 radical (unpaired) electrons. The Morgan fingerprint density at radius 2 is 1.38 bits per heavy atom. The molecule has 0 amide bonds. The van der Waals surface area contributed by atoms with Crippen molar-refractivity contribution in [1.82, 2.24) is 9.97 Å². The molecule has 1 rings (SSSR count). The standard InChI is InChI=1S/C6H8N2O.2C2H6/c1-5-3-7-6(9-2)8-4-5;2*1-2/h3-4H,1-2H3;2*1-2H3. The molecule has 0 aromatic carbocycles. The fourth-order valence-electron chi connectivity index (χ4n) is 0.486. The van der Waals surface area contributed by atoms with E-state index in [1.165, 1.54) is 0 Å². The summed E-state index contributed by atoms with van der Waals surface area (Å²) in [6.45, 7) is 9.93. The minimum atomic E-state index is 0.417. The van der Waals surface area contributed by atoms with Crippen LogP contribution in [-0.4, -0.2) is 17.1 Å². The van der Waals surface area contributed by atoms with E-state index in [-0.39, 0.29) is 0 Å². The first-order valence-electron chi connectivity index (χ1n) is 4.65. The molecular weight excluding hydrogens is 164 g/mol. The van der Waals surface area contributed by atoms with Crippen molar-refractivity contribution in [3.05, 3.63) is 18.0 Å². The van der Waals surface area contributed by atoms with Crippen LogP contribution in [0, 0.1) is 6.92 Å². The minimum Gasteiger partial charge on any atom is -0.467 e. The summed E-state index contributed by atoms with van der Waals surface area (Å²) in [5, 5.41) is 0. The van der Waals surface area contributed by atoms with Gasteiger partial charge in [-0.2, -0.15) is 0 Å². The van der Waals surface area contributed by atoms with Crippen LogP contribution in [0.15, 0.2) is 12.4 Å². The summed E-state index contributed by atoms with van der Waals surface area (Å²) >= 11 is 0. The van der Waals surface area contributed by atoms with Gasteiger partial charge in [-0.3, -0.25) is 0 Å². The monoisotopic (exact) mass is 184 g/mol. The normalized spacial score (nSPS) is 7.23. The highest BCUT2D eigenvalue weighted by Crippen LogP contribution is 1.98. The lowest BCUT2D eigenvalue weighted by Gasteiger charge is -1.94. The lowest BCUT2D eigenvalue weighted by atomic mass is 10.4. The van der Waals surface area contributed by atoms with Gasteiger partial charge in [-0.05, 0) is 12.5 Å². The van der Waals surface area contributed by atoms with E-state index in [2.05, 4.69) is 9.97 Å². The average molecular weight is 184 g/mol. The van der Waals surface area contributed by atoms with Gasteiger partial charge in [0.1, 0.15) is 0 Å². The van der Waals surface area contributed by atoms with Crippen molar-refractivity contribution in [3.63, 3.8) is 0 Å². The van der Waals surface area contributed by atoms with Gasteiger partial charge in [0.15, 0.2) is 0 Å². The second-order valence-electron chi connectivity index (χ2n) is 1.75. The van der Waals surface area contributed by atoms with Gasteiger partial charge in [-0.15, -0.1) is 0 Å². The molecule has 0 bridgehead atoms. The zero-order chi connectivity index (χ0) is 10.7. The largest absolute Gasteiger partial charge is 0.467 e. The highest BCUT2D eigenvalue weighted by molar-refractivity contribution is 5.04. The third kappa shape index (κ3) is 7.25. The van der Waals surface area contributed by atoms with E-state index < -0.39 is 0 Å². The van der Waals surface area contributed by atoms with Crippen molar-refractivity contribution in [1.29, 1.82) is 0 Å². The molecule has 0 saturated heterocycles. The first kappa shape index (κ1) is 14.4. The van der Waals surface area contributed by atoms with Crippen LogP contribution in [0.1, 0.15) is 33.3 Å². The number of ether oxygens (including phenoxy) is 1. The number of hydrogen-bond acceptors (Lipinski definition) is 3. The topological polar surface area (TPSA) is 35.0 Å². The van der Waals surface area contributed by atoms with Crippen molar-refractivity contribution < 1.29 is 4.74 Å². The van der Waals surface area contributed by atoms with Gasteiger partial charge in [-0.25, -0.2) is 9.97 Å². The molecule has 0 atom stereocenters. The maximum atomic E-state index is 4.75. The molecule has 0 saturated carbocycles. The second kappa shape index (κ2) is 10.9. The molecule has 13 heavy (non-hydrogen) atoms. The summed E-state index contributed by atoms with van der Waals surface area (Å²) in [6, 6.07) is 0.417. The van der Waals surface area contributed by atoms with Crippen molar-refractivity contribution in [2.45, 2.75) is 34.6 Å². The summed E-state index contributed by atoms with van der Waals surface area (Å²) in [5.41, 5.74) is 1.04. The SMILES string of the molecule is CC.CC.COc1ncc(C)cn1. The van der Waals surface area contributed by atoms with Gasteiger partial charge >= 0.3 is 6.01 Å².